The number of aromatic nitrogens is 2. The summed E-state index contributed by atoms with van der Waals surface area (Å²) >= 11 is 0. The Bertz CT molecular complexity index is 729. The minimum absolute atomic E-state index is 0.964. The Kier molecular flexibility index (Phi) is 3.91. The third kappa shape index (κ3) is 2.92. The van der Waals surface area contributed by atoms with Crippen molar-refractivity contribution in [1.82, 2.24) is 9.55 Å². The number of nitrogens with one attached hydrogen (secondary N) is 1. The Hall–Kier alpha value is -2.29. The molecular weight excluding hydrogens is 258 g/mol. The quantitative estimate of drug-likeness (QED) is 0.717. The molecule has 0 aliphatic heterocycles. The summed E-state index contributed by atoms with van der Waals surface area (Å²) < 4.78 is 2.23. The van der Waals surface area contributed by atoms with Gasteiger partial charge in [0.05, 0.1) is 11.0 Å². The van der Waals surface area contributed by atoms with E-state index in [-0.39, 0.29) is 0 Å². The number of rotatable bonds is 5. The summed E-state index contributed by atoms with van der Waals surface area (Å²) in [6, 6.07) is 16.6. The van der Waals surface area contributed by atoms with Crippen LogP contribution >= 0.6 is 0 Å². The normalized spacial score (nSPS) is 11.0. The summed E-state index contributed by atoms with van der Waals surface area (Å²) in [6.07, 6.45) is 2.07. The maximum Gasteiger partial charge on any atom is 0.109 e. The highest BCUT2D eigenvalue weighted by atomic mass is 15.1. The van der Waals surface area contributed by atoms with E-state index in [1.165, 1.54) is 16.8 Å². The molecule has 0 atom stereocenters. The lowest BCUT2D eigenvalue weighted by Crippen LogP contribution is -2.05. The third-order valence-corrected chi connectivity index (χ3v) is 3.87. The number of hydrogen-bond acceptors (Lipinski definition) is 2. The van der Waals surface area contributed by atoms with Gasteiger partial charge in [0.2, 0.25) is 0 Å². The van der Waals surface area contributed by atoms with Crippen molar-refractivity contribution in [2.75, 3.05) is 11.9 Å². The molecule has 21 heavy (non-hydrogen) atoms. The highest BCUT2D eigenvalue weighted by Gasteiger charge is 2.08. The molecule has 3 heteroatoms. The summed E-state index contributed by atoms with van der Waals surface area (Å²) in [7, 11) is 2.11. The highest BCUT2D eigenvalue weighted by Crippen LogP contribution is 2.19. The number of nitrogens with zero attached hydrogens (tertiary/aromatic N) is 2. The van der Waals surface area contributed by atoms with Crippen molar-refractivity contribution in [3.8, 4) is 0 Å². The molecule has 3 rings (SSSR count). The Balaban J connectivity index is 1.63. The van der Waals surface area contributed by atoms with Gasteiger partial charge in [-0.25, -0.2) is 4.98 Å². The smallest absolute Gasteiger partial charge is 0.109 e. The lowest BCUT2D eigenvalue weighted by atomic mass is 10.2. The van der Waals surface area contributed by atoms with Gasteiger partial charge in [-0.05, 0) is 37.1 Å². The van der Waals surface area contributed by atoms with E-state index in [1.54, 1.807) is 0 Å². The zero-order valence-electron chi connectivity index (χ0n) is 12.6. The molecular formula is C18H21N3. The molecule has 1 N–H and O–H groups in total. The van der Waals surface area contributed by atoms with Gasteiger partial charge in [0.25, 0.3) is 0 Å². The molecule has 3 nitrogen and oxygen atoms in total. The van der Waals surface area contributed by atoms with Crippen molar-refractivity contribution in [1.29, 1.82) is 0 Å². The second-order valence-electron chi connectivity index (χ2n) is 5.43. The SMILES string of the molecule is Cc1cccc2nc(CCCNc3ccccc3)n(C)c12. The molecule has 0 saturated carbocycles. The van der Waals surface area contributed by atoms with E-state index in [0.717, 1.165) is 30.7 Å². The monoisotopic (exact) mass is 279 g/mol. The Morgan fingerprint density at radius 1 is 1.05 bits per heavy atom. The number of para-hydroxylation sites is 2. The first-order valence-corrected chi connectivity index (χ1v) is 7.45. The van der Waals surface area contributed by atoms with Crippen molar-refractivity contribution in [3.63, 3.8) is 0 Å². The molecule has 0 aliphatic carbocycles. The number of imidazole rings is 1. The average molecular weight is 279 g/mol. The second-order valence-corrected chi connectivity index (χ2v) is 5.43. The summed E-state index contributed by atoms with van der Waals surface area (Å²) in [5, 5.41) is 3.44. The fourth-order valence-corrected chi connectivity index (χ4v) is 2.77. The van der Waals surface area contributed by atoms with Gasteiger partial charge >= 0.3 is 0 Å². The lowest BCUT2D eigenvalue weighted by molar-refractivity contribution is 0.753. The first-order valence-electron chi connectivity index (χ1n) is 7.45. The van der Waals surface area contributed by atoms with E-state index in [4.69, 9.17) is 4.98 Å². The lowest BCUT2D eigenvalue weighted by Gasteiger charge is -2.06. The van der Waals surface area contributed by atoms with E-state index in [9.17, 15) is 0 Å². The van der Waals surface area contributed by atoms with Gasteiger partial charge < -0.3 is 9.88 Å². The predicted octanol–water partition coefficient (Wildman–Crippen LogP) is 3.93. The van der Waals surface area contributed by atoms with E-state index in [2.05, 4.69) is 66.3 Å². The summed E-state index contributed by atoms with van der Waals surface area (Å²) in [4.78, 5) is 4.75. The number of benzene rings is 2. The largest absolute Gasteiger partial charge is 0.385 e. The standard InChI is InChI=1S/C18H21N3/c1-14-8-6-11-16-18(14)21(2)17(20-16)12-7-13-19-15-9-4-3-5-10-15/h3-6,8-11,19H,7,12-13H2,1-2H3. The molecule has 0 amide bonds. The molecule has 3 aromatic rings. The van der Waals surface area contributed by atoms with Crippen LogP contribution in [-0.4, -0.2) is 16.1 Å². The van der Waals surface area contributed by atoms with Gasteiger partial charge in [0, 0.05) is 25.7 Å². The van der Waals surface area contributed by atoms with Gasteiger partial charge in [-0.3, -0.25) is 0 Å². The minimum atomic E-state index is 0.964. The van der Waals surface area contributed by atoms with E-state index < -0.39 is 0 Å². The molecule has 108 valence electrons. The summed E-state index contributed by atoms with van der Waals surface area (Å²) in [5.41, 5.74) is 4.82. The van der Waals surface area contributed by atoms with Crippen LogP contribution in [0.1, 0.15) is 17.8 Å². The van der Waals surface area contributed by atoms with Gasteiger partial charge in [-0.2, -0.15) is 0 Å². The highest BCUT2D eigenvalue weighted by molar-refractivity contribution is 5.79. The zero-order valence-corrected chi connectivity index (χ0v) is 12.6. The van der Waals surface area contributed by atoms with E-state index in [0.29, 0.717) is 0 Å². The molecule has 0 fully saturated rings. The van der Waals surface area contributed by atoms with Crippen LogP contribution in [0.3, 0.4) is 0 Å². The minimum Gasteiger partial charge on any atom is -0.385 e. The first kappa shape index (κ1) is 13.7. The van der Waals surface area contributed by atoms with Crippen LogP contribution < -0.4 is 5.32 Å². The van der Waals surface area contributed by atoms with Crippen molar-refractivity contribution >= 4 is 16.7 Å². The predicted molar refractivity (Wildman–Crippen MR) is 88.7 cm³/mol. The molecule has 2 aromatic carbocycles. The molecule has 0 radical (unpaired) electrons. The summed E-state index contributed by atoms with van der Waals surface area (Å²) in [5.74, 6) is 1.16. The van der Waals surface area contributed by atoms with Crippen LogP contribution in [-0.2, 0) is 13.5 Å². The van der Waals surface area contributed by atoms with Gasteiger partial charge in [0.1, 0.15) is 5.82 Å². The fourth-order valence-electron chi connectivity index (χ4n) is 2.77. The van der Waals surface area contributed by atoms with Gasteiger partial charge in [-0.15, -0.1) is 0 Å². The average Bonchev–Trinajstić information content (AvgIpc) is 2.83. The number of hydrogen-bond donors (Lipinski definition) is 1. The Morgan fingerprint density at radius 2 is 1.86 bits per heavy atom. The first-order chi connectivity index (χ1) is 10.3. The Labute approximate surface area is 125 Å². The maximum absolute atomic E-state index is 4.75. The summed E-state index contributed by atoms with van der Waals surface area (Å²) in [6.45, 7) is 3.11. The van der Waals surface area contributed by atoms with Gasteiger partial charge in [0.15, 0.2) is 0 Å². The van der Waals surface area contributed by atoms with Crippen LogP contribution in [0, 0.1) is 6.92 Å². The van der Waals surface area contributed by atoms with Crippen molar-refractivity contribution in [2.45, 2.75) is 19.8 Å². The number of anilines is 1. The van der Waals surface area contributed by atoms with Crippen LogP contribution in [0.2, 0.25) is 0 Å². The zero-order chi connectivity index (χ0) is 14.7. The van der Waals surface area contributed by atoms with Crippen molar-refractivity contribution in [3.05, 3.63) is 59.9 Å². The third-order valence-electron chi connectivity index (χ3n) is 3.87. The Morgan fingerprint density at radius 3 is 2.62 bits per heavy atom. The molecule has 1 heterocycles. The van der Waals surface area contributed by atoms with Crippen LogP contribution in [0.15, 0.2) is 48.5 Å². The van der Waals surface area contributed by atoms with Crippen molar-refractivity contribution in [2.24, 2.45) is 7.05 Å². The molecule has 0 bridgehead atoms. The molecule has 0 unspecified atom stereocenters. The second kappa shape index (κ2) is 6.00. The van der Waals surface area contributed by atoms with Crippen LogP contribution in [0.5, 0.6) is 0 Å². The molecule has 0 saturated heterocycles. The topological polar surface area (TPSA) is 29.9 Å². The number of fused-ring (bicyclic) bond motifs is 1. The molecule has 0 aliphatic rings. The number of aryl methyl sites for hydroxylation is 3. The van der Waals surface area contributed by atoms with E-state index in [1.807, 2.05) is 6.07 Å². The fraction of sp³-hybridized carbons (Fsp3) is 0.278. The van der Waals surface area contributed by atoms with Gasteiger partial charge in [-0.1, -0.05) is 30.3 Å². The van der Waals surface area contributed by atoms with Crippen LogP contribution in [0.25, 0.3) is 11.0 Å². The van der Waals surface area contributed by atoms with E-state index >= 15 is 0 Å². The maximum atomic E-state index is 4.75. The van der Waals surface area contributed by atoms with Crippen molar-refractivity contribution < 1.29 is 0 Å². The molecule has 1 aromatic heterocycles. The van der Waals surface area contributed by atoms with Crippen LogP contribution in [0.4, 0.5) is 5.69 Å². The molecule has 0 spiro atoms.